The molecule has 4 heterocycles. The molecule has 2 aliphatic heterocycles. The molecule has 0 radical (unpaired) electrons. The van der Waals surface area contributed by atoms with Crippen LogP contribution in [0.15, 0.2) is 48.7 Å². The summed E-state index contributed by atoms with van der Waals surface area (Å²) in [4.78, 5) is 10.7. The molecule has 0 spiro atoms. The first-order chi connectivity index (χ1) is 12.9. The van der Waals surface area contributed by atoms with Gasteiger partial charge in [0, 0.05) is 31.3 Å². The molecule has 26 heavy (non-hydrogen) atoms. The highest BCUT2D eigenvalue weighted by Crippen LogP contribution is 2.36. The van der Waals surface area contributed by atoms with Crippen molar-refractivity contribution in [2.24, 2.45) is 0 Å². The lowest BCUT2D eigenvalue weighted by molar-refractivity contribution is 0.108. The van der Waals surface area contributed by atoms with Crippen molar-refractivity contribution < 1.29 is 4.74 Å². The topological polar surface area (TPSA) is 41.1 Å². The Labute approximate surface area is 154 Å². The molecule has 0 amide bonds. The van der Waals surface area contributed by atoms with E-state index in [0.717, 1.165) is 44.7 Å². The van der Waals surface area contributed by atoms with Crippen LogP contribution in [-0.4, -0.2) is 34.6 Å². The molecule has 2 atom stereocenters. The van der Waals surface area contributed by atoms with Crippen LogP contribution in [-0.2, 0) is 11.3 Å². The summed E-state index contributed by atoms with van der Waals surface area (Å²) in [7, 11) is 0. The molecule has 2 fully saturated rings. The maximum Gasteiger partial charge on any atom is 0.137 e. The molecule has 2 aromatic heterocycles. The van der Waals surface area contributed by atoms with Crippen molar-refractivity contribution >= 4 is 11.0 Å². The number of nitrogens with one attached hydrogen (secondary N) is 1. The summed E-state index contributed by atoms with van der Waals surface area (Å²) in [6.07, 6.45) is 5.55. The van der Waals surface area contributed by atoms with E-state index in [1.54, 1.807) is 0 Å². The molecule has 0 aliphatic carbocycles. The van der Waals surface area contributed by atoms with Gasteiger partial charge in [-0.25, -0.2) is 4.98 Å². The van der Waals surface area contributed by atoms with Crippen LogP contribution in [0, 0.1) is 0 Å². The Kier molecular flexibility index (Phi) is 4.23. The fourth-order valence-corrected chi connectivity index (χ4v) is 4.54. The number of nitrogens with zero attached hydrogens (tertiary/aromatic N) is 2. The predicted octanol–water partition coefficient (Wildman–Crippen LogP) is 4.40. The number of H-pyrrole nitrogens is 1. The highest BCUT2D eigenvalue weighted by molar-refractivity contribution is 5.81. The van der Waals surface area contributed by atoms with E-state index in [1.165, 1.54) is 28.6 Å². The number of pyridine rings is 1. The maximum atomic E-state index is 5.99. The number of aromatic nitrogens is 2. The van der Waals surface area contributed by atoms with Crippen LogP contribution in [0.2, 0.25) is 0 Å². The SMILES string of the molecule is c1ccc([C@H]2CCN(Cc3c([C@@H]4CCCO4)[nH]c4ncccc34)C2)cc1. The van der Waals surface area contributed by atoms with Gasteiger partial charge in [-0.05, 0) is 55.0 Å². The van der Waals surface area contributed by atoms with Crippen LogP contribution in [0.4, 0.5) is 0 Å². The maximum absolute atomic E-state index is 5.99. The van der Waals surface area contributed by atoms with Gasteiger partial charge in [0.25, 0.3) is 0 Å². The first-order valence-corrected chi connectivity index (χ1v) is 9.73. The van der Waals surface area contributed by atoms with Crippen molar-refractivity contribution in [1.29, 1.82) is 0 Å². The Morgan fingerprint density at radius 1 is 1.12 bits per heavy atom. The summed E-state index contributed by atoms with van der Waals surface area (Å²) in [5, 5.41) is 1.25. The van der Waals surface area contributed by atoms with E-state index in [2.05, 4.69) is 51.3 Å². The Morgan fingerprint density at radius 2 is 2.04 bits per heavy atom. The lowest BCUT2D eigenvalue weighted by Gasteiger charge is -2.18. The third-order valence-corrected chi connectivity index (χ3v) is 5.89. The number of ether oxygens (including phenoxy) is 1. The zero-order valence-corrected chi connectivity index (χ0v) is 15.0. The quantitative estimate of drug-likeness (QED) is 0.760. The molecule has 0 saturated carbocycles. The van der Waals surface area contributed by atoms with Crippen LogP contribution in [0.1, 0.15) is 48.1 Å². The number of aromatic amines is 1. The second-order valence-electron chi connectivity index (χ2n) is 7.55. The van der Waals surface area contributed by atoms with E-state index < -0.39 is 0 Å². The average Bonchev–Trinajstić information content (AvgIpc) is 3.43. The lowest BCUT2D eigenvalue weighted by atomic mass is 9.99. The highest BCUT2D eigenvalue weighted by atomic mass is 16.5. The van der Waals surface area contributed by atoms with Gasteiger partial charge in [0.1, 0.15) is 5.65 Å². The van der Waals surface area contributed by atoms with E-state index in [9.17, 15) is 0 Å². The van der Waals surface area contributed by atoms with Gasteiger partial charge in [0.05, 0.1) is 11.8 Å². The van der Waals surface area contributed by atoms with Gasteiger partial charge < -0.3 is 9.72 Å². The minimum atomic E-state index is 0.201. The number of rotatable bonds is 4. The van der Waals surface area contributed by atoms with Crippen LogP contribution in [0.25, 0.3) is 11.0 Å². The third kappa shape index (κ3) is 2.93. The van der Waals surface area contributed by atoms with Gasteiger partial charge in [0.15, 0.2) is 0 Å². The summed E-state index contributed by atoms with van der Waals surface area (Å²) in [6.45, 7) is 4.12. The second-order valence-corrected chi connectivity index (χ2v) is 7.55. The Morgan fingerprint density at radius 3 is 2.88 bits per heavy atom. The molecule has 5 rings (SSSR count). The van der Waals surface area contributed by atoms with Crippen LogP contribution in [0.3, 0.4) is 0 Å². The fourth-order valence-electron chi connectivity index (χ4n) is 4.54. The summed E-state index contributed by atoms with van der Waals surface area (Å²) in [5.41, 5.74) is 5.09. The van der Waals surface area contributed by atoms with Gasteiger partial charge in [-0.1, -0.05) is 30.3 Å². The van der Waals surface area contributed by atoms with E-state index in [1.807, 2.05) is 12.3 Å². The van der Waals surface area contributed by atoms with Crippen molar-refractivity contribution in [2.75, 3.05) is 19.7 Å². The largest absolute Gasteiger partial charge is 0.372 e. The molecule has 3 aromatic rings. The summed E-state index contributed by atoms with van der Waals surface area (Å²) in [5.74, 6) is 0.644. The molecule has 0 unspecified atom stereocenters. The van der Waals surface area contributed by atoms with Crippen molar-refractivity contribution in [2.45, 2.75) is 37.8 Å². The van der Waals surface area contributed by atoms with E-state index in [0.29, 0.717) is 5.92 Å². The van der Waals surface area contributed by atoms with Gasteiger partial charge in [-0.2, -0.15) is 0 Å². The third-order valence-electron chi connectivity index (χ3n) is 5.89. The van der Waals surface area contributed by atoms with Crippen molar-refractivity contribution in [3.8, 4) is 0 Å². The van der Waals surface area contributed by atoms with Gasteiger partial charge >= 0.3 is 0 Å². The Hall–Kier alpha value is -2.17. The molecule has 4 heteroatoms. The molecular weight excluding hydrogens is 322 g/mol. The minimum absolute atomic E-state index is 0.201. The summed E-state index contributed by atoms with van der Waals surface area (Å²) in [6, 6.07) is 15.2. The lowest BCUT2D eigenvalue weighted by Crippen LogP contribution is -2.20. The zero-order valence-electron chi connectivity index (χ0n) is 15.0. The van der Waals surface area contributed by atoms with Gasteiger partial charge in [0.2, 0.25) is 0 Å². The normalized spacial score (nSPS) is 23.8. The number of benzene rings is 1. The Bertz CT molecular complexity index is 883. The zero-order chi connectivity index (χ0) is 17.3. The smallest absolute Gasteiger partial charge is 0.137 e. The van der Waals surface area contributed by atoms with Crippen molar-refractivity contribution in [3.05, 3.63) is 65.5 Å². The average molecular weight is 347 g/mol. The minimum Gasteiger partial charge on any atom is -0.372 e. The fraction of sp³-hybridized carbons (Fsp3) is 0.409. The molecule has 0 bridgehead atoms. The van der Waals surface area contributed by atoms with Gasteiger partial charge in [-0.3, -0.25) is 4.90 Å². The van der Waals surface area contributed by atoms with Crippen molar-refractivity contribution in [3.63, 3.8) is 0 Å². The summed E-state index contributed by atoms with van der Waals surface area (Å²) < 4.78 is 5.99. The summed E-state index contributed by atoms with van der Waals surface area (Å²) >= 11 is 0. The number of fused-ring (bicyclic) bond motifs is 1. The standard InChI is InChI=1S/C22H25N3O/c1-2-6-16(7-3-1)17-10-12-25(14-17)15-19-18-8-4-11-23-22(18)24-21(19)20-9-5-13-26-20/h1-4,6-8,11,17,20H,5,9-10,12-15H2,(H,23,24)/t17-,20-/m0/s1. The molecular formula is C22H25N3O. The molecule has 2 saturated heterocycles. The first kappa shape index (κ1) is 16.0. The second kappa shape index (κ2) is 6.86. The van der Waals surface area contributed by atoms with Crippen molar-refractivity contribution in [1.82, 2.24) is 14.9 Å². The molecule has 1 aromatic carbocycles. The Balaban J connectivity index is 1.41. The first-order valence-electron chi connectivity index (χ1n) is 9.73. The van der Waals surface area contributed by atoms with Crippen LogP contribution in [0.5, 0.6) is 0 Å². The molecule has 134 valence electrons. The number of hydrogen-bond donors (Lipinski definition) is 1. The van der Waals surface area contributed by atoms with E-state index in [-0.39, 0.29) is 6.10 Å². The highest BCUT2D eigenvalue weighted by Gasteiger charge is 2.28. The molecule has 2 aliphatic rings. The number of hydrogen-bond acceptors (Lipinski definition) is 3. The monoisotopic (exact) mass is 347 g/mol. The predicted molar refractivity (Wildman–Crippen MR) is 103 cm³/mol. The van der Waals surface area contributed by atoms with Gasteiger partial charge in [-0.15, -0.1) is 0 Å². The number of likely N-dealkylation sites (tertiary alicyclic amines) is 1. The molecule has 4 nitrogen and oxygen atoms in total. The van der Waals surface area contributed by atoms with Crippen LogP contribution >= 0.6 is 0 Å². The van der Waals surface area contributed by atoms with E-state index in [4.69, 9.17) is 4.74 Å². The van der Waals surface area contributed by atoms with E-state index >= 15 is 0 Å². The molecule has 1 N–H and O–H groups in total. The van der Waals surface area contributed by atoms with Crippen LogP contribution < -0.4 is 0 Å².